The molecule has 0 fully saturated rings. The average molecular weight is 513 g/mol. The first kappa shape index (κ1) is 24.6. The summed E-state index contributed by atoms with van der Waals surface area (Å²) in [6.45, 7) is 7.36. The van der Waals surface area contributed by atoms with Crippen molar-refractivity contribution in [3.63, 3.8) is 0 Å². The van der Waals surface area contributed by atoms with Crippen LogP contribution >= 0.6 is 24.0 Å². The standard InChI is InChI=1S/C22H31N3OS.HI/c1-22(2,3)27(26)16-15-24-21(23-4)25-17-20(18-11-7-5-8-12-18)19-13-9-6-10-14-19;/h5-14,20H,15-17H2,1-4H3,(H2,23,24,25);1H. The molecule has 0 aliphatic heterocycles. The van der Waals surface area contributed by atoms with Gasteiger partial charge in [-0.05, 0) is 31.9 Å². The molecular formula is C22H32IN3OS. The van der Waals surface area contributed by atoms with Crippen LogP contribution in [0.5, 0.6) is 0 Å². The van der Waals surface area contributed by atoms with E-state index in [1.54, 1.807) is 7.05 Å². The van der Waals surface area contributed by atoms with Gasteiger partial charge in [-0.25, -0.2) is 0 Å². The zero-order valence-corrected chi connectivity index (χ0v) is 20.3. The lowest BCUT2D eigenvalue weighted by molar-refractivity contribution is 0.646. The van der Waals surface area contributed by atoms with Gasteiger partial charge in [0.05, 0.1) is 0 Å². The van der Waals surface area contributed by atoms with Crippen LogP contribution in [0.25, 0.3) is 0 Å². The normalized spacial score (nSPS) is 13.0. The monoisotopic (exact) mass is 513 g/mol. The molecule has 1 atom stereocenters. The van der Waals surface area contributed by atoms with Crippen LogP contribution in [0.15, 0.2) is 65.7 Å². The fourth-order valence-corrected chi connectivity index (χ4v) is 3.69. The van der Waals surface area contributed by atoms with E-state index in [1.807, 2.05) is 32.9 Å². The predicted molar refractivity (Wildman–Crippen MR) is 132 cm³/mol. The van der Waals surface area contributed by atoms with Gasteiger partial charge in [0, 0.05) is 47.4 Å². The summed E-state index contributed by atoms with van der Waals surface area (Å²) < 4.78 is 12.0. The largest absolute Gasteiger partial charge is 0.355 e. The van der Waals surface area contributed by atoms with Crippen molar-refractivity contribution < 1.29 is 4.21 Å². The number of nitrogens with one attached hydrogen (secondary N) is 2. The second-order valence-electron chi connectivity index (χ2n) is 7.42. The molecule has 2 aromatic rings. The Kier molecular flexibility index (Phi) is 10.7. The van der Waals surface area contributed by atoms with Gasteiger partial charge in [-0.1, -0.05) is 60.7 Å². The Morgan fingerprint density at radius 2 is 1.46 bits per heavy atom. The summed E-state index contributed by atoms with van der Waals surface area (Å²) in [5.74, 6) is 1.57. The average Bonchev–Trinajstić information content (AvgIpc) is 2.67. The third-order valence-corrected chi connectivity index (χ3v) is 6.30. The van der Waals surface area contributed by atoms with Crippen LogP contribution in [0, 0.1) is 0 Å². The van der Waals surface area contributed by atoms with Crippen molar-refractivity contribution in [1.82, 2.24) is 10.6 Å². The van der Waals surface area contributed by atoms with E-state index >= 15 is 0 Å². The van der Waals surface area contributed by atoms with Crippen LogP contribution in [0.1, 0.15) is 37.8 Å². The zero-order chi connectivity index (χ0) is 19.7. The number of nitrogens with zero attached hydrogens (tertiary/aromatic N) is 1. The van der Waals surface area contributed by atoms with E-state index in [-0.39, 0.29) is 34.6 Å². The Hall–Kier alpha value is -1.41. The SMILES string of the molecule is CN=C(NCCS(=O)C(C)(C)C)NCC(c1ccccc1)c1ccccc1.I. The first-order valence-electron chi connectivity index (χ1n) is 9.34. The van der Waals surface area contributed by atoms with Gasteiger partial charge in [0.2, 0.25) is 0 Å². The maximum absolute atomic E-state index is 12.2. The van der Waals surface area contributed by atoms with Crippen LogP contribution in [0.2, 0.25) is 0 Å². The quantitative estimate of drug-likeness (QED) is 0.333. The fourth-order valence-electron chi connectivity index (χ4n) is 2.79. The maximum Gasteiger partial charge on any atom is 0.191 e. The third-order valence-electron chi connectivity index (χ3n) is 4.36. The Balaban J connectivity index is 0.00000392. The molecule has 154 valence electrons. The molecule has 0 amide bonds. The number of hydrogen-bond donors (Lipinski definition) is 2. The van der Waals surface area contributed by atoms with Gasteiger partial charge in [0.1, 0.15) is 0 Å². The van der Waals surface area contributed by atoms with Gasteiger partial charge < -0.3 is 10.6 Å². The Morgan fingerprint density at radius 1 is 0.964 bits per heavy atom. The molecule has 0 saturated carbocycles. The van der Waals surface area contributed by atoms with Crippen LogP contribution in [0.4, 0.5) is 0 Å². The van der Waals surface area contributed by atoms with Crippen LogP contribution in [-0.4, -0.2) is 40.8 Å². The van der Waals surface area contributed by atoms with Gasteiger partial charge in [-0.3, -0.25) is 9.20 Å². The van der Waals surface area contributed by atoms with E-state index in [9.17, 15) is 4.21 Å². The molecule has 2 aromatic carbocycles. The van der Waals surface area contributed by atoms with Crippen molar-refractivity contribution in [2.24, 2.45) is 4.99 Å². The van der Waals surface area contributed by atoms with E-state index < -0.39 is 10.8 Å². The van der Waals surface area contributed by atoms with Crippen LogP contribution in [0.3, 0.4) is 0 Å². The third kappa shape index (κ3) is 7.91. The van der Waals surface area contributed by atoms with Gasteiger partial charge >= 0.3 is 0 Å². The van der Waals surface area contributed by atoms with Crippen LogP contribution in [-0.2, 0) is 10.8 Å². The van der Waals surface area contributed by atoms with E-state index in [0.717, 1.165) is 12.5 Å². The summed E-state index contributed by atoms with van der Waals surface area (Å²) in [5, 5.41) is 6.70. The van der Waals surface area contributed by atoms with E-state index in [0.29, 0.717) is 12.3 Å². The zero-order valence-electron chi connectivity index (χ0n) is 17.1. The van der Waals surface area contributed by atoms with Gasteiger partial charge in [-0.2, -0.15) is 0 Å². The fraction of sp³-hybridized carbons (Fsp3) is 0.409. The van der Waals surface area contributed by atoms with Crippen molar-refractivity contribution in [3.8, 4) is 0 Å². The number of aliphatic imine (C=N–C) groups is 1. The predicted octanol–water partition coefficient (Wildman–Crippen LogP) is 4.15. The van der Waals surface area contributed by atoms with Crippen molar-refractivity contribution in [3.05, 3.63) is 71.8 Å². The summed E-state index contributed by atoms with van der Waals surface area (Å²) in [6, 6.07) is 21.0. The molecule has 28 heavy (non-hydrogen) atoms. The topological polar surface area (TPSA) is 53.5 Å². The molecule has 0 heterocycles. The Labute approximate surface area is 189 Å². The molecule has 0 aliphatic rings. The minimum atomic E-state index is -0.873. The molecule has 0 bridgehead atoms. The minimum Gasteiger partial charge on any atom is -0.355 e. The lowest BCUT2D eigenvalue weighted by Gasteiger charge is -2.21. The van der Waals surface area contributed by atoms with Gasteiger partial charge in [0.15, 0.2) is 5.96 Å². The molecule has 2 N–H and O–H groups in total. The van der Waals surface area contributed by atoms with Gasteiger partial charge in [-0.15, -0.1) is 24.0 Å². The molecule has 4 nitrogen and oxygen atoms in total. The summed E-state index contributed by atoms with van der Waals surface area (Å²) in [6.07, 6.45) is 0. The van der Waals surface area contributed by atoms with E-state index in [4.69, 9.17) is 0 Å². The Bertz CT molecular complexity index is 706. The molecule has 2 rings (SSSR count). The number of hydrogen-bond acceptors (Lipinski definition) is 2. The summed E-state index contributed by atoms with van der Waals surface area (Å²) in [7, 11) is 0.887. The summed E-state index contributed by atoms with van der Waals surface area (Å²) >= 11 is 0. The van der Waals surface area contributed by atoms with Gasteiger partial charge in [0.25, 0.3) is 0 Å². The molecule has 1 unspecified atom stereocenters. The molecule has 0 saturated heterocycles. The molecule has 6 heteroatoms. The van der Waals surface area contributed by atoms with Crippen molar-refractivity contribution in [1.29, 1.82) is 0 Å². The van der Waals surface area contributed by atoms with Crippen molar-refractivity contribution in [2.75, 3.05) is 25.9 Å². The Morgan fingerprint density at radius 3 is 1.89 bits per heavy atom. The van der Waals surface area contributed by atoms with Crippen molar-refractivity contribution >= 4 is 40.7 Å². The van der Waals surface area contributed by atoms with E-state index in [2.05, 4.69) is 64.2 Å². The second kappa shape index (κ2) is 12.2. The first-order chi connectivity index (χ1) is 12.9. The highest BCUT2D eigenvalue weighted by Gasteiger charge is 2.19. The highest BCUT2D eigenvalue weighted by atomic mass is 127. The molecule has 0 aliphatic carbocycles. The highest BCUT2D eigenvalue weighted by molar-refractivity contribution is 14.0. The smallest absolute Gasteiger partial charge is 0.191 e. The van der Waals surface area contributed by atoms with E-state index in [1.165, 1.54) is 11.1 Å². The summed E-state index contributed by atoms with van der Waals surface area (Å²) in [5.41, 5.74) is 2.53. The molecule has 0 radical (unpaired) electrons. The lowest BCUT2D eigenvalue weighted by atomic mass is 9.91. The number of guanidine groups is 1. The molecule has 0 aromatic heterocycles. The second-order valence-corrected chi connectivity index (χ2v) is 9.74. The number of rotatable bonds is 7. The maximum atomic E-state index is 12.2. The van der Waals surface area contributed by atoms with Crippen LogP contribution < -0.4 is 10.6 Å². The van der Waals surface area contributed by atoms with Crippen molar-refractivity contribution in [2.45, 2.75) is 31.4 Å². The minimum absolute atomic E-state index is 0. The molecular weight excluding hydrogens is 481 g/mol. The molecule has 0 spiro atoms. The first-order valence-corrected chi connectivity index (χ1v) is 10.7. The number of benzene rings is 2. The number of halogens is 1. The lowest BCUT2D eigenvalue weighted by Crippen LogP contribution is -2.42. The summed E-state index contributed by atoms with van der Waals surface area (Å²) in [4.78, 5) is 4.30. The highest BCUT2D eigenvalue weighted by Crippen LogP contribution is 2.23.